The number of hydrogen-bond donors (Lipinski definition) is 2. The number of phenols is 1. The molecular weight excluding hydrogens is 334 g/mol. The van der Waals surface area contributed by atoms with E-state index in [2.05, 4.69) is 15.1 Å². The molecule has 2 N–H and O–H groups in total. The number of nitrogens with zero attached hydrogens (tertiary/aromatic N) is 2. The minimum atomic E-state index is 0.299. The van der Waals surface area contributed by atoms with E-state index in [0.29, 0.717) is 12.4 Å². The predicted octanol–water partition coefficient (Wildman–Crippen LogP) is 3.31. The molecule has 0 aromatic heterocycles. The van der Waals surface area contributed by atoms with Crippen LogP contribution in [-0.4, -0.2) is 47.9 Å². The highest BCUT2D eigenvalue weighted by Gasteiger charge is 2.19. The monoisotopic (exact) mass is 357 g/mol. The predicted molar refractivity (Wildman–Crippen MR) is 106 cm³/mol. The molecule has 0 unspecified atom stereocenters. The van der Waals surface area contributed by atoms with Crippen LogP contribution in [0.2, 0.25) is 0 Å². The van der Waals surface area contributed by atoms with E-state index in [1.807, 2.05) is 43.3 Å². The van der Waals surface area contributed by atoms with E-state index in [9.17, 15) is 5.11 Å². The summed E-state index contributed by atoms with van der Waals surface area (Å²) < 4.78 is 5.45. The molecule has 6 heteroatoms. The zero-order chi connectivity index (χ0) is 17.6. The molecule has 0 aliphatic carbocycles. The fourth-order valence-corrected chi connectivity index (χ4v) is 3.16. The number of hydrogen-bond acceptors (Lipinski definition) is 4. The highest BCUT2D eigenvalue weighted by molar-refractivity contribution is 7.80. The van der Waals surface area contributed by atoms with Crippen molar-refractivity contribution in [3.05, 3.63) is 48.5 Å². The van der Waals surface area contributed by atoms with Gasteiger partial charge in [-0.05, 0) is 55.5 Å². The quantitative estimate of drug-likeness (QED) is 0.819. The van der Waals surface area contributed by atoms with Crippen LogP contribution < -0.4 is 15.0 Å². The van der Waals surface area contributed by atoms with Crippen molar-refractivity contribution in [1.29, 1.82) is 0 Å². The Kier molecular flexibility index (Phi) is 5.60. The van der Waals surface area contributed by atoms with Gasteiger partial charge < -0.3 is 25.0 Å². The Balaban J connectivity index is 1.53. The Bertz CT molecular complexity index is 713. The summed E-state index contributed by atoms with van der Waals surface area (Å²) in [5, 5.41) is 13.6. The molecule has 1 heterocycles. The van der Waals surface area contributed by atoms with Gasteiger partial charge in [0.1, 0.15) is 11.5 Å². The number of aromatic hydroxyl groups is 1. The largest absolute Gasteiger partial charge is 0.508 e. The summed E-state index contributed by atoms with van der Waals surface area (Å²) in [7, 11) is 0. The fourth-order valence-electron chi connectivity index (χ4n) is 2.86. The zero-order valence-electron chi connectivity index (χ0n) is 14.3. The lowest BCUT2D eigenvalue weighted by atomic mass is 10.2. The van der Waals surface area contributed by atoms with Gasteiger partial charge >= 0.3 is 0 Å². The third-order valence-electron chi connectivity index (χ3n) is 4.18. The third kappa shape index (κ3) is 4.54. The second-order valence-electron chi connectivity index (χ2n) is 5.88. The number of thiocarbonyl (C=S) groups is 1. The van der Waals surface area contributed by atoms with Gasteiger partial charge in [-0.25, -0.2) is 0 Å². The van der Waals surface area contributed by atoms with E-state index < -0.39 is 0 Å². The van der Waals surface area contributed by atoms with Gasteiger partial charge in [0.2, 0.25) is 0 Å². The molecule has 0 radical (unpaired) electrons. The van der Waals surface area contributed by atoms with Gasteiger partial charge in [-0.1, -0.05) is 6.07 Å². The fraction of sp³-hybridized carbons (Fsp3) is 0.316. The average molecular weight is 357 g/mol. The van der Waals surface area contributed by atoms with Gasteiger partial charge in [-0.3, -0.25) is 0 Å². The summed E-state index contributed by atoms with van der Waals surface area (Å²) in [6.45, 7) is 6.06. The van der Waals surface area contributed by atoms with Gasteiger partial charge in [0.25, 0.3) is 0 Å². The van der Waals surface area contributed by atoms with E-state index in [1.165, 1.54) is 0 Å². The summed E-state index contributed by atoms with van der Waals surface area (Å²) in [5.41, 5.74) is 2.01. The van der Waals surface area contributed by atoms with Crippen LogP contribution in [0.5, 0.6) is 11.5 Å². The second kappa shape index (κ2) is 8.07. The summed E-state index contributed by atoms with van der Waals surface area (Å²) >= 11 is 5.54. The maximum absolute atomic E-state index is 9.62. The van der Waals surface area contributed by atoms with Gasteiger partial charge in [0.15, 0.2) is 5.11 Å². The van der Waals surface area contributed by atoms with E-state index >= 15 is 0 Å². The van der Waals surface area contributed by atoms with Crippen LogP contribution in [0.4, 0.5) is 11.4 Å². The molecule has 0 bridgehead atoms. The molecule has 0 spiro atoms. The van der Waals surface area contributed by atoms with E-state index in [1.54, 1.807) is 12.1 Å². The molecule has 2 aromatic carbocycles. The number of rotatable bonds is 4. The van der Waals surface area contributed by atoms with Crippen LogP contribution in [0.1, 0.15) is 6.92 Å². The molecule has 0 atom stereocenters. The smallest absolute Gasteiger partial charge is 0.173 e. The van der Waals surface area contributed by atoms with Crippen LogP contribution in [0.3, 0.4) is 0 Å². The molecule has 1 saturated heterocycles. The molecule has 1 aliphatic rings. The number of phenolic OH excluding ortho intramolecular Hbond substituents is 1. The Morgan fingerprint density at radius 1 is 1.12 bits per heavy atom. The first kappa shape index (κ1) is 17.4. The highest BCUT2D eigenvalue weighted by Crippen LogP contribution is 2.22. The van der Waals surface area contributed by atoms with E-state index in [0.717, 1.165) is 48.4 Å². The van der Waals surface area contributed by atoms with Crippen molar-refractivity contribution in [3.63, 3.8) is 0 Å². The molecule has 1 aliphatic heterocycles. The second-order valence-corrected chi connectivity index (χ2v) is 6.27. The SMILES string of the molecule is CCOc1ccc(NC(=S)N2CCN(c3cccc(O)c3)CC2)cc1. The maximum atomic E-state index is 9.62. The Labute approximate surface area is 153 Å². The van der Waals surface area contributed by atoms with Gasteiger partial charge in [-0.2, -0.15) is 0 Å². The van der Waals surface area contributed by atoms with Crippen molar-refractivity contribution in [2.75, 3.05) is 43.0 Å². The summed E-state index contributed by atoms with van der Waals surface area (Å²) in [6.07, 6.45) is 0. The lowest BCUT2D eigenvalue weighted by molar-refractivity contribution is 0.340. The first-order valence-electron chi connectivity index (χ1n) is 8.48. The minimum Gasteiger partial charge on any atom is -0.508 e. The van der Waals surface area contributed by atoms with Gasteiger partial charge in [-0.15, -0.1) is 0 Å². The zero-order valence-corrected chi connectivity index (χ0v) is 15.1. The van der Waals surface area contributed by atoms with Gasteiger partial charge in [0.05, 0.1) is 6.61 Å². The average Bonchev–Trinajstić information content (AvgIpc) is 2.64. The normalized spacial score (nSPS) is 14.3. The standard InChI is InChI=1S/C19H23N3O2S/c1-2-24-18-8-6-15(7-9-18)20-19(25)22-12-10-21(11-13-22)16-4-3-5-17(23)14-16/h3-9,14,23H,2,10-13H2,1H3,(H,20,25). The number of nitrogens with one attached hydrogen (secondary N) is 1. The van der Waals surface area contributed by atoms with Crippen molar-refractivity contribution in [2.45, 2.75) is 6.92 Å². The number of piperazine rings is 1. The molecule has 5 nitrogen and oxygen atoms in total. The van der Waals surface area contributed by atoms with Crippen LogP contribution in [-0.2, 0) is 0 Å². The Morgan fingerprint density at radius 2 is 1.84 bits per heavy atom. The first-order valence-corrected chi connectivity index (χ1v) is 8.89. The summed E-state index contributed by atoms with van der Waals surface area (Å²) in [4.78, 5) is 4.43. The van der Waals surface area contributed by atoms with Crippen LogP contribution >= 0.6 is 12.2 Å². The minimum absolute atomic E-state index is 0.299. The Hall–Kier alpha value is -2.47. The molecule has 0 saturated carbocycles. The lowest BCUT2D eigenvalue weighted by Crippen LogP contribution is -2.50. The number of ether oxygens (including phenoxy) is 1. The summed E-state index contributed by atoms with van der Waals surface area (Å²) in [5.74, 6) is 1.16. The Morgan fingerprint density at radius 3 is 2.48 bits per heavy atom. The van der Waals surface area contributed by atoms with Crippen LogP contribution in [0.15, 0.2) is 48.5 Å². The molecular formula is C19H23N3O2S. The van der Waals surface area contributed by atoms with Crippen molar-refractivity contribution < 1.29 is 9.84 Å². The maximum Gasteiger partial charge on any atom is 0.173 e. The third-order valence-corrected chi connectivity index (χ3v) is 4.54. The molecule has 25 heavy (non-hydrogen) atoms. The van der Waals surface area contributed by atoms with Crippen molar-refractivity contribution in [3.8, 4) is 11.5 Å². The van der Waals surface area contributed by atoms with E-state index in [4.69, 9.17) is 17.0 Å². The first-order chi connectivity index (χ1) is 12.2. The number of benzene rings is 2. The lowest BCUT2D eigenvalue weighted by Gasteiger charge is -2.37. The topological polar surface area (TPSA) is 48.0 Å². The molecule has 0 amide bonds. The highest BCUT2D eigenvalue weighted by atomic mass is 32.1. The molecule has 132 valence electrons. The molecule has 2 aromatic rings. The summed E-state index contributed by atoms with van der Waals surface area (Å²) in [6, 6.07) is 15.2. The van der Waals surface area contributed by atoms with Crippen molar-refractivity contribution in [1.82, 2.24) is 4.90 Å². The van der Waals surface area contributed by atoms with Crippen molar-refractivity contribution in [2.24, 2.45) is 0 Å². The molecule has 3 rings (SSSR count). The van der Waals surface area contributed by atoms with Crippen molar-refractivity contribution >= 4 is 28.7 Å². The van der Waals surface area contributed by atoms with Crippen LogP contribution in [0.25, 0.3) is 0 Å². The number of anilines is 2. The van der Waals surface area contributed by atoms with Crippen LogP contribution in [0, 0.1) is 0 Å². The van der Waals surface area contributed by atoms with E-state index in [-0.39, 0.29) is 0 Å². The van der Waals surface area contributed by atoms with Gasteiger partial charge in [0, 0.05) is 43.6 Å². The molecule has 1 fully saturated rings.